The Kier molecular flexibility index (Phi) is 3.06. The first-order valence-electron chi connectivity index (χ1n) is 5.92. The van der Waals surface area contributed by atoms with Crippen molar-refractivity contribution in [2.75, 3.05) is 0 Å². The average Bonchev–Trinajstić information content (AvgIpc) is 2.84. The Morgan fingerprint density at radius 2 is 1.89 bits per heavy atom. The lowest BCUT2D eigenvalue weighted by molar-refractivity contribution is 1.14. The lowest BCUT2D eigenvalue weighted by atomic mass is 10.1. The zero-order valence-corrected chi connectivity index (χ0v) is 11.6. The number of halogens is 1. The van der Waals surface area contributed by atoms with Crippen molar-refractivity contribution >= 4 is 33.2 Å². The predicted molar refractivity (Wildman–Crippen MR) is 79.4 cm³/mol. The van der Waals surface area contributed by atoms with Crippen molar-refractivity contribution in [3.63, 3.8) is 0 Å². The molecular weight excluding hydrogens is 262 g/mol. The summed E-state index contributed by atoms with van der Waals surface area (Å²) < 4.78 is 1.14. The fraction of sp³-hybridized carbons (Fsp3) is 0.133. The van der Waals surface area contributed by atoms with Gasteiger partial charge in [0.1, 0.15) is 10.5 Å². The fourth-order valence-corrected chi connectivity index (χ4v) is 3.19. The van der Waals surface area contributed by atoms with Crippen LogP contribution in [0.15, 0.2) is 42.5 Å². The predicted octanol–water partition coefficient (Wildman–Crippen LogP) is 5.18. The SMILES string of the molecule is CCc1ccc(-c2nc3c(Cl)cccc3s2)cc1. The van der Waals surface area contributed by atoms with Crippen molar-refractivity contribution in [3.8, 4) is 10.6 Å². The summed E-state index contributed by atoms with van der Waals surface area (Å²) in [7, 11) is 0. The number of para-hydroxylation sites is 1. The van der Waals surface area contributed by atoms with E-state index in [1.165, 1.54) is 5.56 Å². The van der Waals surface area contributed by atoms with Crippen molar-refractivity contribution in [1.82, 2.24) is 4.98 Å². The van der Waals surface area contributed by atoms with Gasteiger partial charge in [0, 0.05) is 5.56 Å². The first kappa shape index (κ1) is 11.7. The molecule has 1 nitrogen and oxygen atoms in total. The molecule has 3 heteroatoms. The minimum absolute atomic E-state index is 0.722. The molecule has 0 amide bonds. The highest BCUT2D eigenvalue weighted by Gasteiger charge is 2.08. The van der Waals surface area contributed by atoms with Crippen LogP contribution in [0.2, 0.25) is 5.02 Å². The Bertz CT molecular complexity index is 685. The fourth-order valence-electron chi connectivity index (χ4n) is 1.92. The third-order valence-corrected chi connectivity index (χ3v) is 4.35. The number of fused-ring (bicyclic) bond motifs is 1. The first-order valence-corrected chi connectivity index (χ1v) is 7.11. The summed E-state index contributed by atoms with van der Waals surface area (Å²) in [5.41, 5.74) is 3.40. The maximum Gasteiger partial charge on any atom is 0.124 e. The summed E-state index contributed by atoms with van der Waals surface area (Å²) in [4.78, 5) is 4.62. The molecule has 0 bridgehead atoms. The van der Waals surface area contributed by atoms with E-state index in [1.807, 2.05) is 12.1 Å². The summed E-state index contributed by atoms with van der Waals surface area (Å²) in [6.07, 6.45) is 1.06. The van der Waals surface area contributed by atoms with Crippen LogP contribution in [0, 0.1) is 0 Å². The van der Waals surface area contributed by atoms with Gasteiger partial charge in [-0.15, -0.1) is 11.3 Å². The molecule has 0 radical (unpaired) electrons. The molecule has 0 aliphatic carbocycles. The number of rotatable bonds is 2. The molecule has 0 N–H and O–H groups in total. The average molecular weight is 274 g/mol. The topological polar surface area (TPSA) is 12.9 Å². The van der Waals surface area contributed by atoms with Gasteiger partial charge in [0.05, 0.1) is 9.72 Å². The van der Waals surface area contributed by atoms with E-state index in [1.54, 1.807) is 11.3 Å². The van der Waals surface area contributed by atoms with Crippen LogP contribution < -0.4 is 0 Å². The van der Waals surface area contributed by atoms with Gasteiger partial charge < -0.3 is 0 Å². The molecule has 0 aliphatic rings. The maximum atomic E-state index is 6.15. The number of aromatic nitrogens is 1. The Labute approximate surface area is 115 Å². The second kappa shape index (κ2) is 4.71. The third-order valence-electron chi connectivity index (χ3n) is 2.98. The lowest BCUT2D eigenvalue weighted by Crippen LogP contribution is -1.80. The van der Waals surface area contributed by atoms with Gasteiger partial charge in [-0.25, -0.2) is 4.98 Å². The largest absolute Gasteiger partial charge is 0.234 e. The van der Waals surface area contributed by atoms with E-state index in [0.29, 0.717) is 0 Å². The minimum atomic E-state index is 0.722. The molecule has 90 valence electrons. The van der Waals surface area contributed by atoms with Crippen molar-refractivity contribution in [3.05, 3.63) is 53.1 Å². The van der Waals surface area contributed by atoms with Crippen molar-refractivity contribution < 1.29 is 0 Å². The van der Waals surface area contributed by atoms with E-state index < -0.39 is 0 Å². The molecule has 0 spiro atoms. The van der Waals surface area contributed by atoms with Crippen LogP contribution in [0.25, 0.3) is 20.8 Å². The Balaban J connectivity index is 2.10. The van der Waals surface area contributed by atoms with E-state index in [-0.39, 0.29) is 0 Å². The van der Waals surface area contributed by atoms with Gasteiger partial charge in [-0.05, 0) is 24.1 Å². The summed E-state index contributed by atoms with van der Waals surface area (Å²) in [6.45, 7) is 2.16. The second-order valence-electron chi connectivity index (χ2n) is 4.16. The molecule has 2 aromatic carbocycles. The van der Waals surface area contributed by atoms with Gasteiger partial charge in [-0.2, -0.15) is 0 Å². The maximum absolute atomic E-state index is 6.15. The van der Waals surface area contributed by atoms with Gasteiger partial charge in [0.15, 0.2) is 0 Å². The van der Waals surface area contributed by atoms with E-state index in [2.05, 4.69) is 42.2 Å². The van der Waals surface area contributed by atoms with Crippen LogP contribution in [0.3, 0.4) is 0 Å². The number of aryl methyl sites for hydroxylation is 1. The second-order valence-corrected chi connectivity index (χ2v) is 5.59. The van der Waals surface area contributed by atoms with E-state index in [4.69, 9.17) is 11.6 Å². The number of thiazole rings is 1. The van der Waals surface area contributed by atoms with Gasteiger partial charge in [0.2, 0.25) is 0 Å². The van der Waals surface area contributed by atoms with Gasteiger partial charge in [-0.3, -0.25) is 0 Å². The zero-order valence-electron chi connectivity index (χ0n) is 9.98. The highest BCUT2D eigenvalue weighted by atomic mass is 35.5. The molecule has 3 aromatic rings. The quantitative estimate of drug-likeness (QED) is 0.627. The Morgan fingerprint density at radius 1 is 1.11 bits per heavy atom. The number of hydrogen-bond donors (Lipinski definition) is 0. The van der Waals surface area contributed by atoms with Gasteiger partial charge in [-0.1, -0.05) is 48.9 Å². The van der Waals surface area contributed by atoms with Crippen molar-refractivity contribution in [2.24, 2.45) is 0 Å². The number of nitrogens with zero attached hydrogens (tertiary/aromatic N) is 1. The monoisotopic (exact) mass is 273 g/mol. The summed E-state index contributed by atoms with van der Waals surface area (Å²) >= 11 is 7.83. The highest BCUT2D eigenvalue weighted by molar-refractivity contribution is 7.21. The zero-order chi connectivity index (χ0) is 12.5. The molecular formula is C15H12ClNS. The molecule has 0 saturated carbocycles. The van der Waals surface area contributed by atoms with E-state index in [0.717, 1.165) is 32.2 Å². The van der Waals surface area contributed by atoms with Crippen LogP contribution in [-0.4, -0.2) is 4.98 Å². The van der Waals surface area contributed by atoms with Crippen LogP contribution in [0.4, 0.5) is 0 Å². The molecule has 1 aromatic heterocycles. The minimum Gasteiger partial charge on any atom is -0.234 e. The number of benzene rings is 2. The van der Waals surface area contributed by atoms with Gasteiger partial charge >= 0.3 is 0 Å². The molecule has 0 fully saturated rings. The molecule has 0 aliphatic heterocycles. The van der Waals surface area contributed by atoms with Crippen molar-refractivity contribution in [2.45, 2.75) is 13.3 Å². The smallest absolute Gasteiger partial charge is 0.124 e. The van der Waals surface area contributed by atoms with Crippen molar-refractivity contribution in [1.29, 1.82) is 0 Å². The Hall–Kier alpha value is -1.38. The molecule has 0 atom stereocenters. The summed E-state index contributed by atoms with van der Waals surface area (Å²) in [5, 5.41) is 1.75. The van der Waals surface area contributed by atoms with E-state index >= 15 is 0 Å². The van der Waals surface area contributed by atoms with Crippen LogP contribution in [-0.2, 0) is 6.42 Å². The van der Waals surface area contributed by atoms with E-state index in [9.17, 15) is 0 Å². The standard InChI is InChI=1S/C15H12ClNS/c1-2-10-6-8-11(9-7-10)15-17-14-12(16)4-3-5-13(14)18-15/h3-9H,2H2,1H3. The molecule has 1 heterocycles. The normalized spacial score (nSPS) is 11.0. The first-order chi connectivity index (χ1) is 8.78. The summed E-state index contributed by atoms with van der Waals surface area (Å²) in [5.74, 6) is 0. The molecule has 0 saturated heterocycles. The summed E-state index contributed by atoms with van der Waals surface area (Å²) in [6, 6.07) is 14.5. The molecule has 0 unspecified atom stereocenters. The highest BCUT2D eigenvalue weighted by Crippen LogP contribution is 2.33. The van der Waals surface area contributed by atoms with Gasteiger partial charge in [0.25, 0.3) is 0 Å². The third kappa shape index (κ3) is 2.02. The Morgan fingerprint density at radius 3 is 2.56 bits per heavy atom. The van der Waals surface area contributed by atoms with Crippen LogP contribution >= 0.6 is 22.9 Å². The van der Waals surface area contributed by atoms with Crippen LogP contribution in [0.5, 0.6) is 0 Å². The number of hydrogen-bond acceptors (Lipinski definition) is 2. The molecule has 3 rings (SSSR count). The van der Waals surface area contributed by atoms with Crippen LogP contribution in [0.1, 0.15) is 12.5 Å². The lowest BCUT2D eigenvalue weighted by Gasteiger charge is -1.98. The molecule has 18 heavy (non-hydrogen) atoms.